The molecule has 4 rings (SSSR count). The summed E-state index contributed by atoms with van der Waals surface area (Å²) >= 11 is 0. The van der Waals surface area contributed by atoms with Crippen LogP contribution in [0.25, 0.3) is 11.0 Å². The Labute approximate surface area is 165 Å². The fraction of sp³-hybridized carbons (Fsp3) is 0.348. The van der Waals surface area contributed by atoms with Gasteiger partial charge in [-0.15, -0.1) is 0 Å². The van der Waals surface area contributed by atoms with Crippen LogP contribution in [0.15, 0.2) is 54.7 Å². The fourth-order valence-electron chi connectivity index (χ4n) is 3.95. The van der Waals surface area contributed by atoms with Crippen molar-refractivity contribution in [2.75, 3.05) is 12.4 Å². The number of para-hydroxylation sites is 3. The Kier molecular flexibility index (Phi) is 5.63. The lowest BCUT2D eigenvalue weighted by atomic mass is 9.94. The van der Waals surface area contributed by atoms with Crippen molar-refractivity contribution in [3.63, 3.8) is 0 Å². The van der Waals surface area contributed by atoms with Crippen molar-refractivity contribution in [3.05, 3.63) is 66.0 Å². The van der Waals surface area contributed by atoms with Crippen molar-refractivity contribution in [1.29, 1.82) is 0 Å². The number of hydrogen-bond donors (Lipinski definition) is 1. The highest BCUT2D eigenvalue weighted by atomic mass is 16.1. The minimum absolute atomic E-state index is 0.231. The molecule has 1 aliphatic rings. The van der Waals surface area contributed by atoms with Gasteiger partial charge in [0, 0.05) is 18.3 Å². The zero-order valence-corrected chi connectivity index (χ0v) is 16.3. The van der Waals surface area contributed by atoms with E-state index in [1.165, 1.54) is 38.3 Å². The lowest BCUT2D eigenvalue weighted by Crippen LogP contribution is -2.33. The second kappa shape index (κ2) is 8.48. The third-order valence-corrected chi connectivity index (χ3v) is 5.56. The number of rotatable bonds is 5. The Hall–Kier alpha value is -2.79. The molecule has 0 atom stereocenters. The first-order valence-electron chi connectivity index (χ1n) is 10.0. The highest BCUT2D eigenvalue weighted by molar-refractivity contribution is 6.03. The van der Waals surface area contributed by atoms with Gasteiger partial charge in [0.15, 0.2) is 0 Å². The third kappa shape index (κ3) is 4.20. The molecular formula is C23H26N4O. The van der Waals surface area contributed by atoms with Crippen molar-refractivity contribution in [3.8, 4) is 0 Å². The molecule has 1 heterocycles. The average molecular weight is 374 g/mol. The zero-order chi connectivity index (χ0) is 19.3. The predicted molar refractivity (Wildman–Crippen MR) is 112 cm³/mol. The molecule has 1 aromatic heterocycles. The lowest BCUT2D eigenvalue weighted by molar-refractivity contribution is 0.102. The molecule has 1 N–H and O–H groups in total. The summed E-state index contributed by atoms with van der Waals surface area (Å²) in [5, 5.41) is 3.03. The second-order valence-electron chi connectivity index (χ2n) is 7.56. The summed E-state index contributed by atoms with van der Waals surface area (Å²) < 4.78 is 0. The average Bonchev–Trinajstić information content (AvgIpc) is 2.75. The molecule has 1 fully saturated rings. The van der Waals surface area contributed by atoms with E-state index in [-0.39, 0.29) is 5.91 Å². The van der Waals surface area contributed by atoms with Crippen LogP contribution in [0.1, 0.15) is 48.2 Å². The Bertz CT molecular complexity index is 965. The molecule has 1 amide bonds. The van der Waals surface area contributed by atoms with E-state index < -0.39 is 0 Å². The van der Waals surface area contributed by atoms with Gasteiger partial charge >= 0.3 is 0 Å². The number of nitrogens with one attached hydrogen (secondary N) is 1. The molecule has 0 unspecified atom stereocenters. The van der Waals surface area contributed by atoms with Crippen LogP contribution < -0.4 is 5.32 Å². The first kappa shape index (κ1) is 18.6. The lowest BCUT2D eigenvalue weighted by Gasteiger charge is -2.31. The molecule has 28 heavy (non-hydrogen) atoms. The van der Waals surface area contributed by atoms with Gasteiger partial charge < -0.3 is 5.32 Å². The van der Waals surface area contributed by atoms with E-state index in [4.69, 9.17) is 0 Å². The summed E-state index contributed by atoms with van der Waals surface area (Å²) in [7, 11) is 2.18. The number of anilines is 1. The molecule has 0 saturated heterocycles. The first-order chi connectivity index (χ1) is 13.7. The van der Waals surface area contributed by atoms with Gasteiger partial charge in [-0.3, -0.25) is 14.7 Å². The number of hydrogen-bond acceptors (Lipinski definition) is 4. The van der Waals surface area contributed by atoms with Gasteiger partial charge in [0.1, 0.15) is 5.69 Å². The van der Waals surface area contributed by atoms with Gasteiger partial charge in [0.25, 0.3) is 5.91 Å². The summed E-state index contributed by atoms with van der Waals surface area (Å²) in [4.78, 5) is 24.0. The molecule has 3 aromatic rings. The summed E-state index contributed by atoms with van der Waals surface area (Å²) in [6.45, 7) is 0.824. The Morgan fingerprint density at radius 3 is 2.57 bits per heavy atom. The highest BCUT2D eigenvalue weighted by Crippen LogP contribution is 2.25. The van der Waals surface area contributed by atoms with E-state index in [9.17, 15) is 4.79 Å². The molecule has 5 nitrogen and oxygen atoms in total. The number of carbonyl (C=O) groups excluding carboxylic acids is 1. The smallest absolute Gasteiger partial charge is 0.275 e. The summed E-state index contributed by atoms with van der Waals surface area (Å²) in [6, 6.07) is 16.2. The van der Waals surface area contributed by atoms with Crippen molar-refractivity contribution in [2.45, 2.75) is 44.7 Å². The molecule has 1 aliphatic carbocycles. The van der Waals surface area contributed by atoms with Crippen LogP contribution in [0, 0.1) is 0 Å². The Balaban J connectivity index is 1.50. The molecular weight excluding hydrogens is 348 g/mol. The van der Waals surface area contributed by atoms with E-state index >= 15 is 0 Å². The SMILES string of the molecule is CN(Cc1ccccc1NC(=O)c1cnc2ccccc2n1)C1CCCCC1. The molecule has 1 saturated carbocycles. The van der Waals surface area contributed by atoms with Crippen LogP contribution in [0.2, 0.25) is 0 Å². The molecule has 0 aliphatic heterocycles. The fourth-order valence-corrected chi connectivity index (χ4v) is 3.95. The van der Waals surface area contributed by atoms with E-state index in [1.807, 2.05) is 42.5 Å². The number of carbonyl (C=O) groups is 1. The van der Waals surface area contributed by atoms with Gasteiger partial charge in [0.2, 0.25) is 0 Å². The number of aromatic nitrogens is 2. The van der Waals surface area contributed by atoms with Gasteiger partial charge in [-0.05, 0) is 43.7 Å². The quantitative estimate of drug-likeness (QED) is 0.706. The van der Waals surface area contributed by atoms with E-state index in [1.54, 1.807) is 0 Å². The number of amides is 1. The van der Waals surface area contributed by atoms with Crippen LogP contribution in [-0.2, 0) is 6.54 Å². The van der Waals surface area contributed by atoms with Crippen molar-refractivity contribution < 1.29 is 4.79 Å². The monoisotopic (exact) mass is 374 g/mol. The summed E-state index contributed by atoms with van der Waals surface area (Å²) in [6.07, 6.45) is 8.04. The van der Waals surface area contributed by atoms with Crippen LogP contribution in [0.3, 0.4) is 0 Å². The maximum Gasteiger partial charge on any atom is 0.275 e. The number of fused-ring (bicyclic) bond motifs is 1. The van der Waals surface area contributed by atoms with Gasteiger partial charge in [-0.2, -0.15) is 0 Å². The standard InChI is InChI=1S/C23H26N4O/c1-27(18-10-3-2-4-11-18)16-17-9-5-6-12-19(17)26-23(28)22-15-24-20-13-7-8-14-21(20)25-22/h5-9,12-15,18H,2-4,10-11,16H2,1H3,(H,26,28). The van der Waals surface area contributed by atoms with E-state index in [2.05, 4.69) is 33.3 Å². The Morgan fingerprint density at radius 1 is 1.04 bits per heavy atom. The molecule has 0 spiro atoms. The minimum Gasteiger partial charge on any atom is -0.320 e. The van der Waals surface area contributed by atoms with Gasteiger partial charge in [-0.1, -0.05) is 49.6 Å². The summed E-state index contributed by atoms with van der Waals surface area (Å²) in [5.41, 5.74) is 3.80. The predicted octanol–water partition coefficient (Wildman–Crippen LogP) is 4.65. The molecule has 0 bridgehead atoms. The first-order valence-corrected chi connectivity index (χ1v) is 10.0. The highest BCUT2D eigenvalue weighted by Gasteiger charge is 2.19. The number of nitrogens with zero attached hydrogens (tertiary/aromatic N) is 3. The molecule has 0 radical (unpaired) electrons. The normalized spacial score (nSPS) is 15.1. The van der Waals surface area contributed by atoms with Crippen molar-refractivity contribution >= 4 is 22.6 Å². The van der Waals surface area contributed by atoms with Crippen LogP contribution in [0.5, 0.6) is 0 Å². The Morgan fingerprint density at radius 2 is 1.75 bits per heavy atom. The molecule has 5 heteroatoms. The third-order valence-electron chi connectivity index (χ3n) is 5.56. The summed E-state index contributed by atoms with van der Waals surface area (Å²) in [5.74, 6) is -0.231. The largest absolute Gasteiger partial charge is 0.320 e. The zero-order valence-electron chi connectivity index (χ0n) is 16.3. The topological polar surface area (TPSA) is 58.1 Å². The van der Waals surface area contributed by atoms with Crippen LogP contribution >= 0.6 is 0 Å². The van der Waals surface area contributed by atoms with Crippen LogP contribution in [0.4, 0.5) is 5.69 Å². The number of benzene rings is 2. The maximum absolute atomic E-state index is 12.8. The van der Waals surface area contributed by atoms with Crippen LogP contribution in [-0.4, -0.2) is 33.9 Å². The van der Waals surface area contributed by atoms with Gasteiger partial charge in [-0.25, -0.2) is 4.98 Å². The van der Waals surface area contributed by atoms with Gasteiger partial charge in [0.05, 0.1) is 17.2 Å². The van der Waals surface area contributed by atoms with E-state index in [0.29, 0.717) is 11.7 Å². The maximum atomic E-state index is 12.8. The van der Waals surface area contributed by atoms with Crippen molar-refractivity contribution in [1.82, 2.24) is 14.9 Å². The van der Waals surface area contributed by atoms with Crippen molar-refractivity contribution in [2.24, 2.45) is 0 Å². The second-order valence-corrected chi connectivity index (χ2v) is 7.56. The minimum atomic E-state index is -0.231. The molecule has 2 aromatic carbocycles. The van der Waals surface area contributed by atoms with E-state index in [0.717, 1.165) is 28.8 Å². The molecule has 144 valence electrons.